The number of nitrogens with zero attached hydrogens (tertiary/aromatic N) is 3. The highest BCUT2D eigenvalue weighted by Gasteiger charge is 2.06. The quantitative estimate of drug-likeness (QED) is 0.331. The van der Waals surface area contributed by atoms with Crippen LogP contribution in [0, 0.1) is 11.6 Å². The van der Waals surface area contributed by atoms with Crippen LogP contribution in [-0.4, -0.2) is 22.6 Å². The van der Waals surface area contributed by atoms with Crippen molar-refractivity contribution < 1.29 is 8.78 Å². The maximum absolute atomic E-state index is 14.3. The van der Waals surface area contributed by atoms with Gasteiger partial charge in [0.15, 0.2) is 5.96 Å². The molecule has 0 aliphatic carbocycles. The van der Waals surface area contributed by atoms with Crippen molar-refractivity contribution in [1.29, 1.82) is 0 Å². The van der Waals surface area contributed by atoms with Gasteiger partial charge in [-0.15, -0.1) is 24.0 Å². The summed E-state index contributed by atoms with van der Waals surface area (Å²) in [4.78, 5) is 8.05. The number of aliphatic imine (C=N–C) groups is 1. The summed E-state index contributed by atoms with van der Waals surface area (Å²) >= 11 is 0. The van der Waals surface area contributed by atoms with E-state index in [0.29, 0.717) is 24.7 Å². The number of rotatable bonds is 5. The van der Waals surface area contributed by atoms with E-state index in [1.807, 2.05) is 6.07 Å². The van der Waals surface area contributed by atoms with Crippen molar-refractivity contribution in [1.82, 2.24) is 20.2 Å². The van der Waals surface area contributed by atoms with Gasteiger partial charge in [0, 0.05) is 32.5 Å². The number of aromatic nitrogens is 2. The molecule has 0 fully saturated rings. The number of guanidine groups is 1. The molecule has 2 N–H and O–H groups in total. The number of imidazole rings is 1. The van der Waals surface area contributed by atoms with E-state index in [4.69, 9.17) is 0 Å². The van der Waals surface area contributed by atoms with Gasteiger partial charge in [-0.05, 0) is 35.4 Å². The minimum absolute atomic E-state index is 0. The average molecular weight is 483 g/mol. The lowest BCUT2D eigenvalue weighted by Gasteiger charge is -2.13. The molecule has 27 heavy (non-hydrogen) atoms. The van der Waals surface area contributed by atoms with Crippen molar-refractivity contribution in [2.24, 2.45) is 4.99 Å². The van der Waals surface area contributed by atoms with Gasteiger partial charge in [-0.2, -0.15) is 0 Å². The van der Waals surface area contributed by atoms with Crippen LogP contribution < -0.4 is 10.6 Å². The second-order valence-corrected chi connectivity index (χ2v) is 5.66. The van der Waals surface area contributed by atoms with E-state index in [2.05, 4.69) is 20.6 Å². The molecular weight excluding hydrogens is 463 g/mol. The summed E-state index contributed by atoms with van der Waals surface area (Å²) in [7, 11) is 1.66. The minimum atomic E-state index is -0.323. The number of halogens is 3. The largest absolute Gasteiger partial charge is 0.352 e. The normalized spacial score (nSPS) is 11.0. The summed E-state index contributed by atoms with van der Waals surface area (Å²) in [6, 6.07) is 11.3. The van der Waals surface area contributed by atoms with Crippen molar-refractivity contribution >= 4 is 29.9 Å². The van der Waals surface area contributed by atoms with Gasteiger partial charge >= 0.3 is 0 Å². The van der Waals surface area contributed by atoms with Gasteiger partial charge in [-0.25, -0.2) is 13.8 Å². The molecule has 3 aromatic rings. The zero-order valence-electron chi connectivity index (χ0n) is 14.7. The van der Waals surface area contributed by atoms with Crippen LogP contribution in [-0.2, 0) is 13.1 Å². The number of nitrogens with one attached hydrogen (secondary N) is 2. The SMILES string of the molecule is CN=C(NCc1ccc(F)cc1)NCc1ccc(-n2ccnc2)c(F)c1.I. The predicted molar refractivity (Wildman–Crippen MR) is 112 cm³/mol. The fourth-order valence-electron chi connectivity index (χ4n) is 2.47. The van der Waals surface area contributed by atoms with Crippen LogP contribution in [0.3, 0.4) is 0 Å². The van der Waals surface area contributed by atoms with E-state index in [1.54, 1.807) is 48.5 Å². The van der Waals surface area contributed by atoms with E-state index >= 15 is 0 Å². The maximum atomic E-state index is 14.3. The molecule has 0 saturated carbocycles. The first-order valence-electron chi connectivity index (χ1n) is 8.11. The lowest BCUT2D eigenvalue weighted by Crippen LogP contribution is -2.36. The zero-order chi connectivity index (χ0) is 18.4. The fourth-order valence-corrected chi connectivity index (χ4v) is 2.47. The Morgan fingerprint density at radius 1 is 1.04 bits per heavy atom. The van der Waals surface area contributed by atoms with E-state index in [1.165, 1.54) is 18.2 Å². The molecule has 3 rings (SSSR count). The van der Waals surface area contributed by atoms with Crippen LogP contribution in [0.4, 0.5) is 8.78 Å². The van der Waals surface area contributed by atoms with Crippen LogP contribution in [0.15, 0.2) is 66.2 Å². The molecular formula is C19H20F2IN5. The lowest BCUT2D eigenvalue weighted by molar-refractivity contribution is 0.614. The molecule has 0 unspecified atom stereocenters. The predicted octanol–water partition coefficient (Wildman–Crippen LogP) is 3.63. The highest BCUT2D eigenvalue weighted by atomic mass is 127. The van der Waals surface area contributed by atoms with Gasteiger partial charge in [-0.1, -0.05) is 18.2 Å². The summed E-state index contributed by atoms with van der Waals surface area (Å²) in [5.41, 5.74) is 2.17. The standard InChI is InChI=1S/C19H19F2N5.HI/c1-22-19(24-11-14-2-5-16(20)6-3-14)25-12-15-4-7-18(17(21)10-15)26-9-8-23-13-26;/h2-10,13H,11-12H2,1H3,(H2,22,24,25);1H. The Morgan fingerprint density at radius 3 is 2.30 bits per heavy atom. The Kier molecular flexibility index (Phi) is 7.71. The molecule has 0 atom stereocenters. The summed E-state index contributed by atoms with van der Waals surface area (Å²) in [6.45, 7) is 0.929. The van der Waals surface area contributed by atoms with Crippen molar-refractivity contribution in [3.8, 4) is 5.69 Å². The molecule has 0 aliphatic heterocycles. The van der Waals surface area contributed by atoms with Crippen molar-refractivity contribution in [3.63, 3.8) is 0 Å². The fraction of sp³-hybridized carbons (Fsp3) is 0.158. The molecule has 0 amide bonds. The van der Waals surface area contributed by atoms with Crippen LogP contribution in [0.1, 0.15) is 11.1 Å². The highest BCUT2D eigenvalue weighted by molar-refractivity contribution is 14.0. The molecule has 0 saturated heterocycles. The summed E-state index contributed by atoms with van der Waals surface area (Å²) in [5.74, 6) is -0.0117. The Hall–Kier alpha value is -2.49. The molecule has 0 bridgehead atoms. The lowest BCUT2D eigenvalue weighted by atomic mass is 10.2. The minimum Gasteiger partial charge on any atom is -0.352 e. The molecule has 0 aliphatic rings. The second-order valence-electron chi connectivity index (χ2n) is 5.66. The van der Waals surface area contributed by atoms with Crippen LogP contribution in [0.5, 0.6) is 0 Å². The first-order valence-corrected chi connectivity index (χ1v) is 8.11. The molecule has 2 aromatic carbocycles. The molecule has 5 nitrogen and oxygen atoms in total. The third kappa shape index (κ3) is 5.75. The molecule has 0 radical (unpaired) electrons. The molecule has 1 aromatic heterocycles. The first-order chi connectivity index (χ1) is 12.7. The van der Waals surface area contributed by atoms with Crippen molar-refractivity contribution in [2.45, 2.75) is 13.1 Å². The zero-order valence-corrected chi connectivity index (χ0v) is 17.0. The highest BCUT2D eigenvalue weighted by Crippen LogP contribution is 2.14. The number of benzene rings is 2. The monoisotopic (exact) mass is 483 g/mol. The third-order valence-electron chi connectivity index (χ3n) is 3.85. The van der Waals surface area contributed by atoms with E-state index in [9.17, 15) is 8.78 Å². The Labute approximate surface area is 173 Å². The number of hydrogen-bond acceptors (Lipinski definition) is 2. The van der Waals surface area contributed by atoms with Crippen LogP contribution in [0.25, 0.3) is 5.69 Å². The molecule has 142 valence electrons. The van der Waals surface area contributed by atoms with E-state index < -0.39 is 0 Å². The van der Waals surface area contributed by atoms with Crippen molar-refractivity contribution in [2.75, 3.05) is 7.05 Å². The Morgan fingerprint density at radius 2 is 1.70 bits per heavy atom. The van der Waals surface area contributed by atoms with E-state index in [0.717, 1.165) is 11.1 Å². The Balaban J connectivity index is 0.00000261. The smallest absolute Gasteiger partial charge is 0.191 e. The van der Waals surface area contributed by atoms with Crippen LogP contribution >= 0.6 is 24.0 Å². The van der Waals surface area contributed by atoms with Gasteiger partial charge < -0.3 is 15.2 Å². The number of hydrogen-bond donors (Lipinski definition) is 2. The summed E-state index contributed by atoms with van der Waals surface area (Å²) < 4.78 is 28.8. The Bertz CT molecular complexity index is 880. The van der Waals surface area contributed by atoms with Gasteiger partial charge in [-0.3, -0.25) is 4.99 Å². The second kappa shape index (κ2) is 10.0. The first kappa shape index (κ1) is 20.8. The van der Waals surface area contributed by atoms with Crippen molar-refractivity contribution in [3.05, 3.63) is 83.9 Å². The summed E-state index contributed by atoms with van der Waals surface area (Å²) in [6.07, 6.45) is 4.85. The van der Waals surface area contributed by atoms with Gasteiger partial charge in [0.1, 0.15) is 11.6 Å². The topological polar surface area (TPSA) is 54.2 Å². The van der Waals surface area contributed by atoms with Gasteiger partial charge in [0.05, 0.1) is 12.0 Å². The van der Waals surface area contributed by atoms with E-state index in [-0.39, 0.29) is 35.6 Å². The third-order valence-corrected chi connectivity index (χ3v) is 3.85. The maximum Gasteiger partial charge on any atom is 0.191 e. The molecule has 8 heteroatoms. The molecule has 1 heterocycles. The summed E-state index contributed by atoms with van der Waals surface area (Å²) in [5, 5.41) is 6.26. The van der Waals surface area contributed by atoms with Gasteiger partial charge in [0.2, 0.25) is 0 Å². The van der Waals surface area contributed by atoms with Gasteiger partial charge in [0.25, 0.3) is 0 Å². The van der Waals surface area contributed by atoms with Crippen LogP contribution in [0.2, 0.25) is 0 Å². The average Bonchev–Trinajstić information content (AvgIpc) is 3.18. The molecule has 0 spiro atoms.